The smallest absolute Gasteiger partial charge is 0.234 e. The maximum Gasteiger partial charge on any atom is 0.234 e. The molecule has 1 amide bonds. The molecule has 0 saturated heterocycles. The van der Waals surface area contributed by atoms with E-state index >= 15 is 0 Å². The van der Waals surface area contributed by atoms with Crippen molar-refractivity contribution in [1.29, 1.82) is 0 Å². The summed E-state index contributed by atoms with van der Waals surface area (Å²) in [4.78, 5) is 12.3. The summed E-state index contributed by atoms with van der Waals surface area (Å²) < 4.78 is 7.32. The van der Waals surface area contributed by atoms with Crippen molar-refractivity contribution in [2.24, 2.45) is 0 Å². The molecule has 0 aliphatic heterocycles. The first-order chi connectivity index (χ1) is 13.9. The number of carbonyl (C=O) groups excluding carboxylic acids is 1. The third kappa shape index (κ3) is 4.98. The minimum Gasteiger partial charge on any atom is -0.496 e. The van der Waals surface area contributed by atoms with Gasteiger partial charge in [-0.2, -0.15) is 0 Å². The van der Waals surface area contributed by atoms with Crippen LogP contribution in [0.15, 0.2) is 41.6 Å². The largest absolute Gasteiger partial charge is 0.496 e. The SMILES string of the molecule is CCn1c(SCC(=O)Nc2cccc(Cl)c2Cl)nnc1-c1cc(Cl)ccc1OC. The van der Waals surface area contributed by atoms with Crippen LogP contribution in [0.2, 0.25) is 15.1 Å². The second-order valence-electron chi connectivity index (χ2n) is 5.83. The first-order valence-electron chi connectivity index (χ1n) is 8.58. The Labute approximate surface area is 187 Å². The number of nitrogens with zero attached hydrogens (tertiary/aromatic N) is 3. The number of hydrogen-bond donors (Lipinski definition) is 1. The number of amides is 1. The molecule has 1 aromatic heterocycles. The van der Waals surface area contributed by atoms with Crippen LogP contribution in [0.4, 0.5) is 5.69 Å². The van der Waals surface area contributed by atoms with Gasteiger partial charge in [-0.1, -0.05) is 52.6 Å². The maximum atomic E-state index is 12.3. The van der Waals surface area contributed by atoms with Gasteiger partial charge in [-0.15, -0.1) is 10.2 Å². The summed E-state index contributed by atoms with van der Waals surface area (Å²) >= 11 is 19.5. The van der Waals surface area contributed by atoms with Crippen LogP contribution in [0.1, 0.15) is 6.92 Å². The van der Waals surface area contributed by atoms with E-state index in [1.165, 1.54) is 11.8 Å². The molecule has 1 heterocycles. The number of nitrogens with one attached hydrogen (secondary N) is 1. The quantitative estimate of drug-likeness (QED) is 0.450. The number of aromatic nitrogens is 3. The molecule has 0 aliphatic carbocycles. The highest BCUT2D eigenvalue weighted by atomic mass is 35.5. The molecule has 1 N–H and O–H groups in total. The summed E-state index contributed by atoms with van der Waals surface area (Å²) in [6.45, 7) is 2.59. The van der Waals surface area contributed by atoms with E-state index in [4.69, 9.17) is 39.5 Å². The van der Waals surface area contributed by atoms with Crippen molar-refractivity contribution in [1.82, 2.24) is 14.8 Å². The van der Waals surface area contributed by atoms with Crippen LogP contribution in [0, 0.1) is 0 Å². The van der Waals surface area contributed by atoms with Gasteiger partial charge in [0.2, 0.25) is 5.91 Å². The number of anilines is 1. The number of rotatable bonds is 7. The monoisotopic (exact) mass is 470 g/mol. The van der Waals surface area contributed by atoms with Gasteiger partial charge in [-0.25, -0.2) is 0 Å². The normalized spacial score (nSPS) is 10.8. The highest BCUT2D eigenvalue weighted by Gasteiger charge is 2.18. The van der Waals surface area contributed by atoms with Gasteiger partial charge in [-0.05, 0) is 37.3 Å². The summed E-state index contributed by atoms with van der Waals surface area (Å²) in [6, 6.07) is 10.4. The van der Waals surface area contributed by atoms with Crippen molar-refractivity contribution in [2.75, 3.05) is 18.2 Å². The third-order valence-corrected chi connectivity index (χ3v) is 6.01. The van der Waals surface area contributed by atoms with Gasteiger partial charge >= 0.3 is 0 Å². The topological polar surface area (TPSA) is 69.0 Å². The molecule has 29 heavy (non-hydrogen) atoms. The summed E-state index contributed by atoms with van der Waals surface area (Å²) in [6.07, 6.45) is 0. The van der Waals surface area contributed by atoms with E-state index in [2.05, 4.69) is 15.5 Å². The van der Waals surface area contributed by atoms with E-state index in [0.29, 0.717) is 44.0 Å². The van der Waals surface area contributed by atoms with E-state index in [0.717, 1.165) is 5.56 Å². The van der Waals surface area contributed by atoms with E-state index in [9.17, 15) is 4.79 Å². The Morgan fingerprint density at radius 3 is 2.72 bits per heavy atom. The first-order valence-corrected chi connectivity index (χ1v) is 10.7. The van der Waals surface area contributed by atoms with Crippen molar-refractivity contribution < 1.29 is 9.53 Å². The fourth-order valence-electron chi connectivity index (χ4n) is 2.65. The fourth-order valence-corrected chi connectivity index (χ4v) is 3.97. The van der Waals surface area contributed by atoms with E-state index in [1.807, 2.05) is 11.5 Å². The minimum atomic E-state index is -0.230. The third-order valence-electron chi connectivity index (χ3n) is 3.99. The predicted molar refractivity (Wildman–Crippen MR) is 119 cm³/mol. The Bertz CT molecular complexity index is 1040. The number of hydrogen-bond acceptors (Lipinski definition) is 5. The van der Waals surface area contributed by atoms with Gasteiger partial charge in [0.25, 0.3) is 0 Å². The lowest BCUT2D eigenvalue weighted by atomic mass is 10.2. The average Bonchev–Trinajstić information content (AvgIpc) is 3.12. The van der Waals surface area contributed by atoms with E-state index in [1.54, 1.807) is 43.5 Å². The van der Waals surface area contributed by atoms with Gasteiger partial charge in [0, 0.05) is 11.6 Å². The minimum absolute atomic E-state index is 0.133. The Hall–Kier alpha value is -1.93. The molecule has 0 aliphatic rings. The Balaban J connectivity index is 1.77. The second kappa shape index (κ2) is 9.71. The highest BCUT2D eigenvalue weighted by molar-refractivity contribution is 7.99. The molecular formula is C19H17Cl3N4O2S. The molecule has 152 valence electrons. The van der Waals surface area contributed by atoms with Gasteiger partial charge in [0.05, 0.1) is 34.2 Å². The van der Waals surface area contributed by atoms with Crippen LogP contribution in [-0.4, -0.2) is 33.5 Å². The Morgan fingerprint density at radius 1 is 1.21 bits per heavy atom. The number of carbonyl (C=O) groups is 1. The number of halogens is 3. The number of ether oxygens (including phenoxy) is 1. The predicted octanol–water partition coefficient (Wildman–Crippen LogP) is 5.66. The molecule has 6 nitrogen and oxygen atoms in total. The molecule has 0 radical (unpaired) electrons. The summed E-state index contributed by atoms with van der Waals surface area (Å²) in [5.74, 6) is 1.16. The van der Waals surface area contributed by atoms with Crippen LogP contribution < -0.4 is 10.1 Å². The lowest BCUT2D eigenvalue weighted by Gasteiger charge is -2.11. The van der Waals surface area contributed by atoms with Crippen LogP contribution in [0.3, 0.4) is 0 Å². The molecule has 0 atom stereocenters. The summed E-state index contributed by atoms with van der Waals surface area (Å²) in [5, 5.41) is 13.1. The van der Waals surface area contributed by atoms with Crippen molar-refractivity contribution in [3.8, 4) is 17.1 Å². The van der Waals surface area contributed by atoms with Crippen molar-refractivity contribution >= 4 is 58.2 Å². The number of thioether (sulfide) groups is 1. The second-order valence-corrected chi connectivity index (χ2v) is 8.00. The standard InChI is InChI=1S/C19H17Cl3N4O2S/c1-3-26-18(12-9-11(20)7-8-15(12)28-2)24-25-19(26)29-10-16(27)23-14-6-4-5-13(21)17(14)22/h4-9H,3,10H2,1-2H3,(H,23,27). The molecule has 0 fully saturated rings. The highest BCUT2D eigenvalue weighted by Crippen LogP contribution is 2.33. The lowest BCUT2D eigenvalue weighted by Crippen LogP contribution is -2.15. The molecule has 2 aromatic carbocycles. The summed E-state index contributed by atoms with van der Waals surface area (Å²) in [7, 11) is 1.58. The molecule has 3 rings (SSSR count). The average molecular weight is 472 g/mol. The van der Waals surface area contributed by atoms with E-state index < -0.39 is 0 Å². The summed E-state index contributed by atoms with van der Waals surface area (Å²) in [5.41, 5.74) is 1.20. The van der Waals surface area contributed by atoms with Gasteiger partial charge in [0.1, 0.15) is 5.75 Å². The molecular weight excluding hydrogens is 455 g/mol. The zero-order chi connectivity index (χ0) is 21.0. The molecule has 0 unspecified atom stereocenters. The number of benzene rings is 2. The van der Waals surface area contributed by atoms with E-state index in [-0.39, 0.29) is 11.7 Å². The van der Waals surface area contributed by atoms with Crippen molar-refractivity contribution in [2.45, 2.75) is 18.6 Å². The number of methoxy groups -OCH3 is 1. The Morgan fingerprint density at radius 2 is 2.00 bits per heavy atom. The van der Waals surface area contributed by atoms with Crippen LogP contribution >= 0.6 is 46.6 Å². The molecule has 10 heteroatoms. The molecule has 0 saturated carbocycles. The van der Waals surface area contributed by atoms with Crippen LogP contribution in [0.5, 0.6) is 5.75 Å². The lowest BCUT2D eigenvalue weighted by molar-refractivity contribution is -0.113. The van der Waals surface area contributed by atoms with Gasteiger partial charge < -0.3 is 14.6 Å². The fraction of sp³-hybridized carbons (Fsp3) is 0.211. The molecule has 0 spiro atoms. The first kappa shape index (κ1) is 21.8. The van der Waals surface area contributed by atoms with Crippen LogP contribution in [-0.2, 0) is 11.3 Å². The zero-order valence-electron chi connectivity index (χ0n) is 15.6. The van der Waals surface area contributed by atoms with Crippen molar-refractivity contribution in [3.05, 3.63) is 51.5 Å². The Kier molecular flexibility index (Phi) is 7.29. The molecule has 0 bridgehead atoms. The van der Waals surface area contributed by atoms with Gasteiger partial charge in [0.15, 0.2) is 11.0 Å². The van der Waals surface area contributed by atoms with Crippen molar-refractivity contribution in [3.63, 3.8) is 0 Å². The zero-order valence-corrected chi connectivity index (χ0v) is 18.7. The maximum absolute atomic E-state index is 12.3. The molecule has 3 aromatic rings. The van der Waals surface area contributed by atoms with Gasteiger partial charge in [-0.3, -0.25) is 4.79 Å². The van der Waals surface area contributed by atoms with Crippen LogP contribution in [0.25, 0.3) is 11.4 Å².